The number of aldehydes is 1. The molecule has 0 bridgehead atoms. The van der Waals surface area contributed by atoms with Crippen LogP contribution in [0.15, 0.2) is 29.2 Å². The molecule has 22 heavy (non-hydrogen) atoms. The molecule has 1 heterocycles. The molecule has 2 rings (SSSR count). The number of carbonyl (C=O) groups is 1. The lowest BCUT2D eigenvalue weighted by molar-refractivity contribution is 0.112. The highest BCUT2D eigenvalue weighted by Crippen LogP contribution is 2.31. The summed E-state index contributed by atoms with van der Waals surface area (Å²) in [5, 5.41) is 0.0889. The van der Waals surface area contributed by atoms with Gasteiger partial charge in [0.1, 0.15) is 6.29 Å². The Balaban J connectivity index is 2.33. The SMILES string of the molecule is CSC(CCl)C1CCCCN1S(=O)(=O)c1ccc(C=O)cc1. The molecule has 1 aliphatic heterocycles. The van der Waals surface area contributed by atoms with Crippen molar-refractivity contribution in [3.8, 4) is 0 Å². The summed E-state index contributed by atoms with van der Waals surface area (Å²) in [6.07, 6.45) is 5.40. The summed E-state index contributed by atoms with van der Waals surface area (Å²) in [4.78, 5) is 10.9. The maximum Gasteiger partial charge on any atom is 0.243 e. The van der Waals surface area contributed by atoms with Crippen LogP contribution < -0.4 is 0 Å². The van der Waals surface area contributed by atoms with Crippen molar-refractivity contribution in [1.82, 2.24) is 4.31 Å². The van der Waals surface area contributed by atoms with Crippen LogP contribution in [-0.4, -0.2) is 49.0 Å². The van der Waals surface area contributed by atoms with Crippen LogP contribution in [0.1, 0.15) is 29.6 Å². The van der Waals surface area contributed by atoms with Gasteiger partial charge in [0.15, 0.2) is 0 Å². The standard InChI is InChI=1S/C15H20ClNO3S2/c1-21-15(10-16)14-4-2-3-9-17(14)22(19,20)13-7-5-12(11-18)6-8-13/h5-8,11,14-15H,2-4,9-10H2,1H3. The summed E-state index contributed by atoms with van der Waals surface area (Å²) < 4.78 is 27.4. The number of thioether (sulfide) groups is 1. The first-order valence-corrected chi connectivity index (χ1v) is 10.5. The van der Waals surface area contributed by atoms with Crippen LogP contribution in [0.3, 0.4) is 0 Å². The molecule has 0 radical (unpaired) electrons. The molecule has 0 spiro atoms. The van der Waals surface area contributed by atoms with Crippen molar-refractivity contribution in [3.63, 3.8) is 0 Å². The van der Waals surface area contributed by atoms with Crippen molar-refractivity contribution in [2.45, 2.75) is 35.4 Å². The van der Waals surface area contributed by atoms with Crippen LogP contribution in [0.5, 0.6) is 0 Å². The number of carbonyl (C=O) groups excluding carboxylic acids is 1. The van der Waals surface area contributed by atoms with E-state index in [2.05, 4.69) is 0 Å². The van der Waals surface area contributed by atoms with Crippen LogP contribution in [0.4, 0.5) is 0 Å². The van der Waals surface area contributed by atoms with E-state index in [1.54, 1.807) is 16.1 Å². The third kappa shape index (κ3) is 3.67. The first kappa shape index (κ1) is 17.8. The molecule has 2 atom stereocenters. The van der Waals surface area contributed by atoms with Gasteiger partial charge < -0.3 is 0 Å². The number of rotatable bonds is 6. The van der Waals surface area contributed by atoms with Gasteiger partial charge in [-0.25, -0.2) is 8.42 Å². The average molecular weight is 362 g/mol. The van der Waals surface area contributed by atoms with Crippen molar-refractivity contribution < 1.29 is 13.2 Å². The minimum absolute atomic E-state index is 0.0722. The third-order valence-corrected chi connectivity index (χ3v) is 7.55. The van der Waals surface area contributed by atoms with Gasteiger partial charge in [-0.3, -0.25) is 4.79 Å². The number of hydrogen-bond donors (Lipinski definition) is 0. The quantitative estimate of drug-likeness (QED) is 0.577. The second-order valence-corrected chi connectivity index (χ2v) is 8.57. The van der Waals surface area contributed by atoms with Gasteiger partial charge >= 0.3 is 0 Å². The Morgan fingerprint density at radius 2 is 2.05 bits per heavy atom. The molecule has 2 unspecified atom stereocenters. The van der Waals surface area contributed by atoms with E-state index >= 15 is 0 Å². The fourth-order valence-corrected chi connectivity index (χ4v) is 5.89. The normalized spacial score (nSPS) is 21.5. The van der Waals surface area contributed by atoms with Crippen molar-refractivity contribution >= 4 is 39.7 Å². The minimum atomic E-state index is -3.56. The fraction of sp³-hybridized carbons (Fsp3) is 0.533. The molecule has 1 fully saturated rings. The highest BCUT2D eigenvalue weighted by Gasteiger charge is 2.37. The average Bonchev–Trinajstić information content (AvgIpc) is 2.56. The molecule has 7 heteroatoms. The van der Waals surface area contributed by atoms with Gasteiger partial charge in [0.25, 0.3) is 0 Å². The number of sulfonamides is 1. The molecular formula is C15H20ClNO3S2. The Hall–Kier alpha value is -0.560. The predicted molar refractivity (Wildman–Crippen MR) is 91.4 cm³/mol. The van der Waals surface area contributed by atoms with Gasteiger partial charge in [0, 0.05) is 29.3 Å². The topological polar surface area (TPSA) is 54.5 Å². The van der Waals surface area contributed by atoms with Crippen LogP contribution in [0.2, 0.25) is 0 Å². The Morgan fingerprint density at radius 1 is 1.36 bits per heavy atom. The number of piperidine rings is 1. The van der Waals surface area contributed by atoms with E-state index in [0.717, 1.165) is 19.3 Å². The summed E-state index contributed by atoms with van der Waals surface area (Å²) in [6, 6.07) is 6.00. The van der Waals surface area contributed by atoms with Gasteiger partial charge in [-0.15, -0.1) is 11.6 Å². The number of alkyl halides is 1. The van der Waals surface area contributed by atoms with E-state index < -0.39 is 10.0 Å². The summed E-state index contributed by atoms with van der Waals surface area (Å²) in [7, 11) is -3.56. The summed E-state index contributed by atoms with van der Waals surface area (Å²) in [5.74, 6) is 0.432. The summed E-state index contributed by atoms with van der Waals surface area (Å²) in [6.45, 7) is 0.524. The maximum absolute atomic E-state index is 12.9. The van der Waals surface area contributed by atoms with Gasteiger partial charge in [-0.2, -0.15) is 16.1 Å². The number of halogens is 1. The molecule has 0 amide bonds. The monoisotopic (exact) mass is 361 g/mol. The summed E-state index contributed by atoms with van der Waals surface area (Å²) >= 11 is 7.63. The van der Waals surface area contributed by atoms with E-state index in [-0.39, 0.29) is 16.2 Å². The Bertz CT molecular complexity index is 600. The van der Waals surface area contributed by atoms with E-state index in [1.807, 2.05) is 6.26 Å². The van der Waals surface area contributed by atoms with Crippen molar-refractivity contribution in [2.75, 3.05) is 18.7 Å². The van der Waals surface area contributed by atoms with Gasteiger partial charge in [0.05, 0.1) is 4.90 Å². The highest BCUT2D eigenvalue weighted by molar-refractivity contribution is 7.99. The third-order valence-electron chi connectivity index (χ3n) is 4.01. The van der Waals surface area contributed by atoms with Crippen molar-refractivity contribution in [2.24, 2.45) is 0 Å². The van der Waals surface area contributed by atoms with Crippen LogP contribution in [0, 0.1) is 0 Å². The molecule has 0 saturated carbocycles. The van der Waals surface area contributed by atoms with Crippen molar-refractivity contribution in [1.29, 1.82) is 0 Å². The zero-order valence-electron chi connectivity index (χ0n) is 12.4. The lowest BCUT2D eigenvalue weighted by Gasteiger charge is -2.38. The molecule has 1 aromatic rings. The second kappa shape index (κ2) is 7.81. The predicted octanol–water partition coefficient (Wildman–Crippen LogP) is 3.01. The fourth-order valence-electron chi connectivity index (χ4n) is 2.78. The Morgan fingerprint density at radius 3 is 2.59 bits per heavy atom. The van der Waals surface area contributed by atoms with E-state index in [0.29, 0.717) is 24.3 Å². The number of benzene rings is 1. The molecule has 0 aliphatic carbocycles. The molecule has 0 N–H and O–H groups in total. The van der Waals surface area contributed by atoms with Gasteiger partial charge in [-0.05, 0) is 31.2 Å². The first-order chi connectivity index (χ1) is 10.5. The second-order valence-electron chi connectivity index (χ2n) is 5.29. The Kier molecular flexibility index (Phi) is 6.32. The molecule has 122 valence electrons. The molecular weight excluding hydrogens is 342 g/mol. The number of nitrogens with zero attached hydrogens (tertiary/aromatic N) is 1. The van der Waals surface area contributed by atoms with E-state index in [9.17, 15) is 13.2 Å². The van der Waals surface area contributed by atoms with Crippen LogP contribution in [0.25, 0.3) is 0 Å². The highest BCUT2D eigenvalue weighted by atomic mass is 35.5. The molecule has 1 saturated heterocycles. The molecule has 4 nitrogen and oxygen atoms in total. The lowest BCUT2D eigenvalue weighted by atomic mass is 10.0. The summed E-state index contributed by atoms with van der Waals surface area (Å²) in [5.41, 5.74) is 0.469. The molecule has 1 aliphatic rings. The van der Waals surface area contributed by atoms with Gasteiger partial charge in [-0.1, -0.05) is 18.6 Å². The van der Waals surface area contributed by atoms with Gasteiger partial charge in [0.2, 0.25) is 10.0 Å². The zero-order chi connectivity index (χ0) is 16.2. The molecule has 0 aromatic heterocycles. The first-order valence-electron chi connectivity index (χ1n) is 7.20. The van der Waals surface area contributed by atoms with E-state index in [1.165, 1.54) is 24.3 Å². The van der Waals surface area contributed by atoms with E-state index in [4.69, 9.17) is 11.6 Å². The smallest absolute Gasteiger partial charge is 0.243 e. The Labute approximate surface area is 141 Å². The van der Waals surface area contributed by atoms with Crippen molar-refractivity contribution in [3.05, 3.63) is 29.8 Å². The van der Waals surface area contributed by atoms with Crippen LogP contribution in [-0.2, 0) is 10.0 Å². The zero-order valence-corrected chi connectivity index (χ0v) is 14.8. The lowest BCUT2D eigenvalue weighted by Crippen LogP contribution is -2.49. The minimum Gasteiger partial charge on any atom is -0.298 e. The largest absolute Gasteiger partial charge is 0.298 e. The maximum atomic E-state index is 12.9. The number of hydrogen-bond acceptors (Lipinski definition) is 4. The molecule has 1 aromatic carbocycles. The van der Waals surface area contributed by atoms with Crippen LogP contribution >= 0.6 is 23.4 Å².